The summed E-state index contributed by atoms with van der Waals surface area (Å²) in [4.78, 5) is 11.9. The third-order valence-corrected chi connectivity index (χ3v) is 3.94. The van der Waals surface area contributed by atoms with E-state index in [1.807, 2.05) is 37.3 Å². The average Bonchev–Trinajstić information content (AvgIpc) is 2.95. The zero-order valence-electron chi connectivity index (χ0n) is 12.4. The lowest BCUT2D eigenvalue weighted by molar-refractivity contribution is 0.574. The molecule has 0 aliphatic rings. The molecule has 0 saturated heterocycles. The van der Waals surface area contributed by atoms with Gasteiger partial charge in [-0.1, -0.05) is 34.1 Å². The Morgan fingerprint density at radius 3 is 2.74 bits per heavy atom. The van der Waals surface area contributed by atoms with Crippen molar-refractivity contribution in [1.82, 2.24) is 4.68 Å². The Hall–Kier alpha value is -2.60. The molecule has 3 aromatic rings. The number of nitrogens with zero attached hydrogens (tertiary/aromatic N) is 2. The van der Waals surface area contributed by atoms with E-state index in [0.29, 0.717) is 11.5 Å². The normalized spacial score (nSPS) is 11.2. The summed E-state index contributed by atoms with van der Waals surface area (Å²) in [5.41, 5.74) is 7.28. The number of nitrogens with two attached hydrogens (primary N) is 1. The molecule has 3 rings (SSSR count). The van der Waals surface area contributed by atoms with Crippen LogP contribution in [0.2, 0.25) is 0 Å². The van der Waals surface area contributed by atoms with Crippen molar-refractivity contribution in [3.05, 3.63) is 74.7 Å². The van der Waals surface area contributed by atoms with E-state index in [-0.39, 0.29) is 11.4 Å². The number of benzene rings is 1. The topological polar surface area (TPSA) is 73.5 Å². The SMILES string of the molecule is Cc1cc(N)n(/N=C\c2ccc(-c3ccccc3Br)o2)c(=O)c1. The van der Waals surface area contributed by atoms with Gasteiger partial charge in [-0.05, 0) is 36.8 Å². The van der Waals surface area contributed by atoms with Gasteiger partial charge in [-0.15, -0.1) is 0 Å². The van der Waals surface area contributed by atoms with Crippen LogP contribution >= 0.6 is 15.9 Å². The summed E-state index contributed by atoms with van der Waals surface area (Å²) in [6.45, 7) is 1.81. The number of furan rings is 1. The molecule has 0 bridgehead atoms. The maximum atomic E-state index is 11.9. The van der Waals surface area contributed by atoms with Gasteiger partial charge in [0.05, 0.1) is 6.21 Å². The second kappa shape index (κ2) is 6.26. The number of hydrogen-bond donors (Lipinski definition) is 1. The highest BCUT2D eigenvalue weighted by Gasteiger charge is 2.07. The van der Waals surface area contributed by atoms with Crippen molar-refractivity contribution >= 4 is 28.0 Å². The summed E-state index contributed by atoms with van der Waals surface area (Å²) in [7, 11) is 0. The van der Waals surface area contributed by atoms with E-state index in [1.54, 1.807) is 12.1 Å². The second-order valence-electron chi connectivity index (χ2n) is 5.03. The Bertz CT molecular complexity index is 941. The van der Waals surface area contributed by atoms with E-state index in [1.165, 1.54) is 12.3 Å². The van der Waals surface area contributed by atoms with Gasteiger partial charge in [-0.2, -0.15) is 9.78 Å². The molecule has 0 unspecified atom stereocenters. The van der Waals surface area contributed by atoms with Crippen LogP contribution in [0.4, 0.5) is 5.82 Å². The van der Waals surface area contributed by atoms with Gasteiger partial charge in [0.2, 0.25) is 0 Å². The highest BCUT2D eigenvalue weighted by Crippen LogP contribution is 2.28. The maximum absolute atomic E-state index is 11.9. The minimum atomic E-state index is -0.281. The zero-order valence-corrected chi connectivity index (χ0v) is 13.9. The lowest BCUT2D eigenvalue weighted by Gasteiger charge is -2.03. The molecular weight excluding hydrogens is 358 g/mol. The summed E-state index contributed by atoms with van der Waals surface area (Å²) >= 11 is 3.49. The Labute approximate surface area is 141 Å². The molecular formula is C17H14BrN3O2. The van der Waals surface area contributed by atoms with E-state index >= 15 is 0 Å². The first-order valence-electron chi connectivity index (χ1n) is 6.93. The van der Waals surface area contributed by atoms with Crippen LogP contribution in [0.5, 0.6) is 0 Å². The lowest BCUT2D eigenvalue weighted by Crippen LogP contribution is -2.19. The number of anilines is 1. The van der Waals surface area contributed by atoms with Crippen molar-refractivity contribution in [3.8, 4) is 11.3 Å². The summed E-state index contributed by atoms with van der Waals surface area (Å²) in [5.74, 6) is 1.52. The monoisotopic (exact) mass is 371 g/mol. The molecule has 2 heterocycles. The molecule has 0 amide bonds. The van der Waals surface area contributed by atoms with Gasteiger partial charge in [0.25, 0.3) is 5.56 Å². The van der Waals surface area contributed by atoms with Gasteiger partial charge in [-0.3, -0.25) is 4.79 Å². The van der Waals surface area contributed by atoms with Crippen molar-refractivity contribution in [1.29, 1.82) is 0 Å². The van der Waals surface area contributed by atoms with E-state index in [9.17, 15) is 4.79 Å². The van der Waals surface area contributed by atoms with Gasteiger partial charge in [0, 0.05) is 16.1 Å². The zero-order chi connectivity index (χ0) is 16.4. The molecule has 1 aromatic carbocycles. The second-order valence-corrected chi connectivity index (χ2v) is 5.89. The highest BCUT2D eigenvalue weighted by atomic mass is 79.9. The molecule has 0 spiro atoms. The van der Waals surface area contributed by atoms with Crippen molar-refractivity contribution < 1.29 is 4.42 Å². The smallest absolute Gasteiger partial charge is 0.273 e. The molecule has 2 N–H and O–H groups in total. The van der Waals surface area contributed by atoms with Crippen LogP contribution in [0.1, 0.15) is 11.3 Å². The summed E-state index contributed by atoms with van der Waals surface area (Å²) in [6, 6.07) is 14.6. The molecule has 0 aliphatic heterocycles. The molecule has 2 aromatic heterocycles. The summed E-state index contributed by atoms with van der Waals surface area (Å²) in [6.07, 6.45) is 1.47. The number of pyridine rings is 1. The first-order chi connectivity index (χ1) is 11.0. The first kappa shape index (κ1) is 15.3. The van der Waals surface area contributed by atoms with Crippen molar-refractivity contribution in [2.75, 3.05) is 5.73 Å². The van der Waals surface area contributed by atoms with Crippen LogP contribution < -0.4 is 11.3 Å². The van der Waals surface area contributed by atoms with E-state index in [0.717, 1.165) is 20.3 Å². The average molecular weight is 372 g/mol. The predicted molar refractivity (Wildman–Crippen MR) is 94.7 cm³/mol. The van der Waals surface area contributed by atoms with Crippen LogP contribution in [0, 0.1) is 6.92 Å². The number of aromatic nitrogens is 1. The molecule has 0 fully saturated rings. The van der Waals surface area contributed by atoms with Gasteiger partial charge in [0.1, 0.15) is 17.3 Å². The van der Waals surface area contributed by atoms with Gasteiger partial charge in [-0.25, -0.2) is 0 Å². The Morgan fingerprint density at radius 2 is 2.00 bits per heavy atom. The number of halogens is 1. The molecule has 0 saturated carbocycles. The van der Waals surface area contributed by atoms with Crippen LogP contribution in [-0.2, 0) is 0 Å². The van der Waals surface area contributed by atoms with Gasteiger partial charge < -0.3 is 10.2 Å². The van der Waals surface area contributed by atoms with Gasteiger partial charge in [0.15, 0.2) is 0 Å². The van der Waals surface area contributed by atoms with Crippen molar-refractivity contribution in [3.63, 3.8) is 0 Å². The van der Waals surface area contributed by atoms with E-state index in [2.05, 4.69) is 21.0 Å². The molecule has 116 valence electrons. The first-order valence-corrected chi connectivity index (χ1v) is 7.72. The number of nitrogen functional groups attached to an aromatic ring is 1. The third kappa shape index (κ3) is 3.27. The quantitative estimate of drug-likeness (QED) is 0.714. The number of aryl methyl sites for hydroxylation is 1. The van der Waals surface area contributed by atoms with Crippen LogP contribution in [0.3, 0.4) is 0 Å². The predicted octanol–water partition coefficient (Wildman–Crippen LogP) is 3.64. The van der Waals surface area contributed by atoms with Crippen molar-refractivity contribution in [2.45, 2.75) is 6.92 Å². The standard InChI is InChI=1S/C17H14BrN3O2/c1-11-8-16(19)21(17(22)9-11)20-10-12-6-7-15(23-12)13-4-2-3-5-14(13)18/h2-10H,19H2,1H3/b20-10-. The lowest BCUT2D eigenvalue weighted by atomic mass is 10.2. The Balaban J connectivity index is 1.91. The Morgan fingerprint density at radius 1 is 1.22 bits per heavy atom. The fourth-order valence-corrected chi connectivity index (χ4v) is 2.67. The van der Waals surface area contributed by atoms with E-state index in [4.69, 9.17) is 10.2 Å². The van der Waals surface area contributed by atoms with Crippen LogP contribution in [-0.4, -0.2) is 10.9 Å². The summed E-state index contributed by atoms with van der Waals surface area (Å²) in [5, 5.41) is 4.09. The van der Waals surface area contributed by atoms with Crippen LogP contribution in [0.25, 0.3) is 11.3 Å². The molecule has 0 radical (unpaired) electrons. The maximum Gasteiger partial charge on any atom is 0.273 e. The number of hydrogen-bond acceptors (Lipinski definition) is 4. The highest BCUT2D eigenvalue weighted by molar-refractivity contribution is 9.10. The fourth-order valence-electron chi connectivity index (χ4n) is 2.19. The molecule has 6 heteroatoms. The molecule has 23 heavy (non-hydrogen) atoms. The van der Waals surface area contributed by atoms with Gasteiger partial charge >= 0.3 is 0 Å². The van der Waals surface area contributed by atoms with Crippen molar-refractivity contribution in [2.24, 2.45) is 5.10 Å². The minimum absolute atomic E-state index is 0.281. The minimum Gasteiger partial charge on any atom is -0.455 e. The molecule has 0 aliphatic carbocycles. The molecule has 0 atom stereocenters. The fraction of sp³-hybridized carbons (Fsp3) is 0.0588. The van der Waals surface area contributed by atoms with E-state index < -0.39 is 0 Å². The largest absolute Gasteiger partial charge is 0.455 e. The third-order valence-electron chi connectivity index (χ3n) is 3.25. The molecule has 5 nitrogen and oxygen atoms in total. The summed E-state index contributed by atoms with van der Waals surface area (Å²) < 4.78 is 7.81. The van der Waals surface area contributed by atoms with Crippen LogP contribution in [0.15, 0.2) is 67.3 Å². The Kier molecular flexibility index (Phi) is 4.16. The number of rotatable bonds is 3.